The smallest absolute Gasteiger partial charge is 0.332 e. The van der Waals surface area contributed by atoms with Gasteiger partial charge in [-0.3, -0.25) is 4.79 Å². The molecule has 3 amide bonds. The van der Waals surface area contributed by atoms with Gasteiger partial charge in [-0.1, -0.05) is 11.6 Å². The van der Waals surface area contributed by atoms with Gasteiger partial charge >= 0.3 is 6.03 Å². The van der Waals surface area contributed by atoms with Gasteiger partial charge in [0, 0.05) is 39.4 Å². The number of carbonyl (C=O) groups excluding carboxylic acids is 2. The van der Waals surface area contributed by atoms with E-state index >= 15 is 0 Å². The number of likely N-dealkylation sites (N-methyl/N-ethyl adjacent to an activating group) is 1. The number of piperidine rings is 1. The average Bonchev–Trinajstić information content (AvgIpc) is 2.93. The van der Waals surface area contributed by atoms with Crippen LogP contribution in [0, 0.1) is 11.7 Å². The van der Waals surface area contributed by atoms with Gasteiger partial charge in [0.1, 0.15) is 11.4 Å². The molecule has 158 valence electrons. The van der Waals surface area contributed by atoms with Crippen LogP contribution in [0.4, 0.5) is 14.9 Å². The van der Waals surface area contributed by atoms with E-state index in [1.165, 1.54) is 12.1 Å². The number of ether oxygens (including phenoxy) is 1. The standard InChI is InChI=1S/C21H27ClFN3O3/c1-2-25-20(28)26(16-3-4-17(22)18(23)13-16)19(27)21(25)7-9-24(10-8-21)14-15-5-11-29-12-6-15/h3-4,13,15H,2,5-12,14H2,1H3. The van der Waals surface area contributed by atoms with Gasteiger partial charge in [-0.2, -0.15) is 0 Å². The molecule has 3 aliphatic rings. The number of halogens is 2. The lowest BCUT2D eigenvalue weighted by molar-refractivity contribution is -0.127. The van der Waals surface area contributed by atoms with E-state index in [-0.39, 0.29) is 22.6 Å². The molecule has 3 saturated heterocycles. The highest BCUT2D eigenvalue weighted by Crippen LogP contribution is 2.40. The lowest BCUT2D eigenvalue weighted by atomic mass is 9.85. The van der Waals surface area contributed by atoms with Crippen LogP contribution in [-0.2, 0) is 9.53 Å². The largest absolute Gasteiger partial charge is 0.381 e. The molecule has 4 rings (SSSR count). The highest BCUT2D eigenvalue weighted by molar-refractivity contribution is 6.31. The summed E-state index contributed by atoms with van der Waals surface area (Å²) in [5.74, 6) is -0.258. The Hall–Kier alpha value is -1.70. The molecule has 8 heteroatoms. The molecule has 1 spiro atoms. The van der Waals surface area contributed by atoms with E-state index in [0.29, 0.717) is 25.3 Å². The second kappa shape index (κ2) is 8.20. The van der Waals surface area contributed by atoms with Crippen LogP contribution in [0.2, 0.25) is 5.02 Å². The predicted octanol–water partition coefficient (Wildman–Crippen LogP) is 3.53. The molecule has 29 heavy (non-hydrogen) atoms. The van der Waals surface area contributed by atoms with E-state index in [2.05, 4.69) is 4.90 Å². The molecule has 0 atom stereocenters. The summed E-state index contributed by atoms with van der Waals surface area (Å²) in [6, 6.07) is 3.68. The Balaban J connectivity index is 1.51. The van der Waals surface area contributed by atoms with Crippen molar-refractivity contribution < 1.29 is 18.7 Å². The van der Waals surface area contributed by atoms with Crippen LogP contribution in [0.15, 0.2) is 18.2 Å². The van der Waals surface area contributed by atoms with Crippen LogP contribution >= 0.6 is 11.6 Å². The topological polar surface area (TPSA) is 53.1 Å². The van der Waals surface area contributed by atoms with Crippen LogP contribution in [0.5, 0.6) is 0 Å². The first-order valence-electron chi connectivity index (χ1n) is 10.4. The number of anilines is 1. The number of urea groups is 1. The van der Waals surface area contributed by atoms with Crippen molar-refractivity contribution in [3.05, 3.63) is 29.0 Å². The van der Waals surface area contributed by atoms with Gasteiger partial charge in [0.25, 0.3) is 5.91 Å². The number of hydrogen-bond acceptors (Lipinski definition) is 4. The Bertz CT molecular complexity index is 791. The van der Waals surface area contributed by atoms with Crippen molar-refractivity contribution in [3.63, 3.8) is 0 Å². The Morgan fingerprint density at radius 3 is 2.52 bits per heavy atom. The normalized spacial score (nSPS) is 23.4. The maximum absolute atomic E-state index is 14.0. The van der Waals surface area contributed by atoms with Crippen molar-refractivity contribution in [2.45, 2.75) is 38.1 Å². The molecule has 0 radical (unpaired) electrons. The first kappa shape index (κ1) is 20.6. The number of likely N-dealkylation sites (tertiary alicyclic amines) is 1. The van der Waals surface area contributed by atoms with Crippen molar-refractivity contribution in [3.8, 4) is 0 Å². The molecule has 0 aromatic heterocycles. The molecule has 1 aromatic carbocycles. The molecular formula is C21H27ClFN3O3. The van der Waals surface area contributed by atoms with Gasteiger partial charge in [0.2, 0.25) is 0 Å². The number of rotatable bonds is 4. The molecule has 3 aliphatic heterocycles. The lowest BCUT2D eigenvalue weighted by Gasteiger charge is -2.43. The Labute approximate surface area is 175 Å². The van der Waals surface area contributed by atoms with Gasteiger partial charge in [0.05, 0.1) is 10.7 Å². The fraction of sp³-hybridized carbons (Fsp3) is 0.619. The number of benzene rings is 1. The Morgan fingerprint density at radius 2 is 1.90 bits per heavy atom. The van der Waals surface area contributed by atoms with Crippen LogP contribution in [0.25, 0.3) is 0 Å². The van der Waals surface area contributed by atoms with E-state index in [1.54, 1.807) is 4.90 Å². The van der Waals surface area contributed by atoms with Crippen LogP contribution in [0.3, 0.4) is 0 Å². The predicted molar refractivity (Wildman–Crippen MR) is 109 cm³/mol. The van der Waals surface area contributed by atoms with E-state index in [4.69, 9.17) is 16.3 Å². The summed E-state index contributed by atoms with van der Waals surface area (Å²) in [6.07, 6.45) is 3.36. The number of carbonyl (C=O) groups is 2. The number of hydrogen-bond donors (Lipinski definition) is 0. The molecule has 0 aliphatic carbocycles. The van der Waals surface area contributed by atoms with Gasteiger partial charge in [-0.05, 0) is 56.7 Å². The van der Waals surface area contributed by atoms with E-state index < -0.39 is 11.4 Å². The summed E-state index contributed by atoms with van der Waals surface area (Å²) in [5, 5.41) is -0.0312. The summed E-state index contributed by atoms with van der Waals surface area (Å²) in [4.78, 5) is 31.7. The van der Waals surface area contributed by atoms with Crippen molar-refractivity contribution in [2.75, 3.05) is 44.3 Å². The first-order valence-corrected chi connectivity index (χ1v) is 10.8. The van der Waals surface area contributed by atoms with Gasteiger partial charge in [0.15, 0.2) is 0 Å². The minimum atomic E-state index is -0.839. The fourth-order valence-corrected chi connectivity index (χ4v) is 5.00. The molecule has 6 nitrogen and oxygen atoms in total. The molecule has 0 unspecified atom stereocenters. The third-order valence-electron chi connectivity index (χ3n) is 6.56. The summed E-state index contributed by atoms with van der Waals surface area (Å²) < 4.78 is 19.4. The maximum Gasteiger partial charge on any atom is 0.332 e. The van der Waals surface area contributed by atoms with Crippen molar-refractivity contribution in [1.29, 1.82) is 0 Å². The number of imide groups is 1. The highest BCUT2D eigenvalue weighted by Gasteiger charge is 2.57. The monoisotopic (exact) mass is 423 g/mol. The number of amides is 3. The minimum absolute atomic E-state index is 0.0312. The molecule has 1 aromatic rings. The van der Waals surface area contributed by atoms with Crippen LogP contribution < -0.4 is 4.90 Å². The van der Waals surface area contributed by atoms with E-state index in [1.807, 2.05) is 6.92 Å². The zero-order valence-corrected chi connectivity index (χ0v) is 17.5. The second-order valence-electron chi connectivity index (χ2n) is 8.15. The minimum Gasteiger partial charge on any atom is -0.381 e. The molecule has 0 saturated carbocycles. The van der Waals surface area contributed by atoms with Crippen molar-refractivity contribution in [1.82, 2.24) is 9.80 Å². The molecule has 3 fully saturated rings. The quantitative estimate of drug-likeness (QED) is 0.695. The average molecular weight is 424 g/mol. The van der Waals surface area contributed by atoms with Gasteiger partial charge in [-0.15, -0.1) is 0 Å². The van der Waals surface area contributed by atoms with Crippen molar-refractivity contribution >= 4 is 29.2 Å². The fourth-order valence-electron chi connectivity index (χ4n) is 4.89. The van der Waals surface area contributed by atoms with E-state index in [0.717, 1.165) is 56.7 Å². The Kier molecular flexibility index (Phi) is 5.82. The summed E-state index contributed by atoms with van der Waals surface area (Å²) in [5.41, 5.74) is -0.601. The van der Waals surface area contributed by atoms with Crippen molar-refractivity contribution in [2.24, 2.45) is 5.92 Å². The van der Waals surface area contributed by atoms with Gasteiger partial charge in [-0.25, -0.2) is 14.1 Å². The Morgan fingerprint density at radius 1 is 1.21 bits per heavy atom. The molecule has 0 N–H and O–H groups in total. The summed E-state index contributed by atoms with van der Waals surface area (Å²) >= 11 is 5.77. The number of nitrogens with zero attached hydrogens (tertiary/aromatic N) is 3. The van der Waals surface area contributed by atoms with E-state index in [9.17, 15) is 14.0 Å². The zero-order valence-electron chi connectivity index (χ0n) is 16.7. The van der Waals surface area contributed by atoms with Crippen LogP contribution in [-0.4, -0.2) is 66.7 Å². The second-order valence-corrected chi connectivity index (χ2v) is 8.56. The lowest BCUT2D eigenvalue weighted by Crippen LogP contribution is -2.57. The maximum atomic E-state index is 14.0. The highest BCUT2D eigenvalue weighted by atomic mass is 35.5. The van der Waals surface area contributed by atoms with Gasteiger partial charge < -0.3 is 14.5 Å². The molecule has 3 heterocycles. The van der Waals surface area contributed by atoms with Crippen LogP contribution in [0.1, 0.15) is 32.6 Å². The summed E-state index contributed by atoms with van der Waals surface area (Å²) in [7, 11) is 0. The first-order chi connectivity index (χ1) is 14.0. The molecular weight excluding hydrogens is 397 g/mol. The third-order valence-corrected chi connectivity index (χ3v) is 6.86. The molecule has 0 bridgehead atoms. The third kappa shape index (κ3) is 3.64. The zero-order chi connectivity index (χ0) is 20.6. The summed E-state index contributed by atoms with van der Waals surface area (Å²) in [6.45, 7) is 6.53. The SMILES string of the molecule is CCN1C(=O)N(c2ccc(Cl)c(F)c2)C(=O)C12CCN(CC1CCOCC1)CC2.